The first-order valence-corrected chi connectivity index (χ1v) is 6.74. The van der Waals surface area contributed by atoms with Crippen LogP contribution in [0.25, 0.3) is 0 Å². The summed E-state index contributed by atoms with van der Waals surface area (Å²) in [4.78, 5) is 22.8. The van der Waals surface area contributed by atoms with Crippen LogP contribution in [-0.2, 0) is 6.42 Å². The van der Waals surface area contributed by atoms with Crippen LogP contribution in [0.5, 0.6) is 0 Å². The van der Waals surface area contributed by atoms with E-state index in [4.69, 9.17) is 11.6 Å². The summed E-state index contributed by atoms with van der Waals surface area (Å²) in [6.45, 7) is 0. The molecule has 1 aromatic carbocycles. The number of rotatable bonds is 5. The summed E-state index contributed by atoms with van der Waals surface area (Å²) in [5, 5.41) is 8.64. The Kier molecular flexibility index (Phi) is 4.90. The molecule has 0 bridgehead atoms. The lowest BCUT2D eigenvalue weighted by Crippen LogP contribution is -2.17. The number of aromatic nitrogens is 2. The third-order valence-electron chi connectivity index (χ3n) is 2.70. The van der Waals surface area contributed by atoms with Crippen LogP contribution in [0.2, 0.25) is 0 Å². The molecule has 0 spiro atoms. The fourth-order valence-electron chi connectivity index (χ4n) is 1.74. The molecule has 6 heteroatoms. The zero-order valence-electron chi connectivity index (χ0n) is 10.7. The van der Waals surface area contributed by atoms with E-state index in [1.807, 2.05) is 18.2 Å². The first kappa shape index (κ1) is 14.3. The van der Waals surface area contributed by atoms with Gasteiger partial charge in [0.05, 0.1) is 0 Å². The van der Waals surface area contributed by atoms with E-state index >= 15 is 0 Å². The van der Waals surface area contributed by atoms with Gasteiger partial charge in [-0.1, -0.05) is 12.1 Å². The summed E-state index contributed by atoms with van der Waals surface area (Å²) in [6.07, 6.45) is 1.75. The Hall–Kier alpha value is -2.14. The molecular formula is C14H14ClN3O2. The van der Waals surface area contributed by atoms with Crippen molar-refractivity contribution in [1.82, 2.24) is 10.2 Å². The lowest BCUT2D eigenvalue weighted by Gasteiger charge is -2.06. The Morgan fingerprint density at radius 2 is 2.15 bits per heavy atom. The van der Waals surface area contributed by atoms with Crippen LogP contribution in [0.4, 0.5) is 5.69 Å². The molecule has 104 valence electrons. The van der Waals surface area contributed by atoms with Crippen LogP contribution in [0.3, 0.4) is 0 Å². The monoisotopic (exact) mass is 291 g/mol. The van der Waals surface area contributed by atoms with E-state index in [-0.39, 0.29) is 17.2 Å². The molecular weight excluding hydrogens is 278 g/mol. The van der Waals surface area contributed by atoms with E-state index < -0.39 is 0 Å². The number of halogens is 1. The van der Waals surface area contributed by atoms with Crippen LogP contribution in [0, 0.1) is 0 Å². The summed E-state index contributed by atoms with van der Waals surface area (Å²) in [7, 11) is 0. The van der Waals surface area contributed by atoms with Gasteiger partial charge in [0.1, 0.15) is 5.69 Å². The van der Waals surface area contributed by atoms with Crippen molar-refractivity contribution in [3.8, 4) is 0 Å². The van der Waals surface area contributed by atoms with Crippen LogP contribution in [0.1, 0.15) is 22.5 Å². The summed E-state index contributed by atoms with van der Waals surface area (Å²) in [6, 6.07) is 10.2. The SMILES string of the molecule is O=C(Nc1cccc(CCCCl)c1)c1ccc(=O)[nH]n1. The lowest BCUT2D eigenvalue weighted by molar-refractivity contribution is 0.102. The van der Waals surface area contributed by atoms with Crippen molar-refractivity contribution in [2.45, 2.75) is 12.8 Å². The molecule has 0 unspecified atom stereocenters. The van der Waals surface area contributed by atoms with Gasteiger partial charge in [-0.2, -0.15) is 5.10 Å². The van der Waals surface area contributed by atoms with Crippen molar-refractivity contribution in [3.63, 3.8) is 0 Å². The summed E-state index contributed by atoms with van der Waals surface area (Å²) < 4.78 is 0. The average molecular weight is 292 g/mol. The maximum absolute atomic E-state index is 11.9. The second-order valence-corrected chi connectivity index (χ2v) is 4.63. The third kappa shape index (κ3) is 3.93. The molecule has 1 amide bonds. The molecule has 0 radical (unpaired) electrons. The number of nitrogens with one attached hydrogen (secondary N) is 2. The zero-order chi connectivity index (χ0) is 14.4. The number of hydrogen-bond acceptors (Lipinski definition) is 3. The van der Waals surface area contributed by atoms with Gasteiger partial charge < -0.3 is 5.32 Å². The quantitative estimate of drug-likeness (QED) is 0.829. The summed E-state index contributed by atoms with van der Waals surface area (Å²) in [5.74, 6) is 0.244. The summed E-state index contributed by atoms with van der Waals surface area (Å²) in [5.41, 5.74) is 1.62. The minimum absolute atomic E-state index is 0.163. The summed E-state index contributed by atoms with van der Waals surface area (Å²) >= 11 is 5.66. The number of aromatic amines is 1. The number of H-pyrrole nitrogens is 1. The van der Waals surface area contributed by atoms with Gasteiger partial charge in [-0.3, -0.25) is 9.59 Å². The normalized spacial score (nSPS) is 10.2. The van der Waals surface area contributed by atoms with Gasteiger partial charge in [-0.05, 0) is 36.6 Å². The Bertz CT molecular complexity index is 634. The Morgan fingerprint density at radius 1 is 1.30 bits per heavy atom. The molecule has 0 saturated carbocycles. The number of hydrogen-bond donors (Lipinski definition) is 2. The molecule has 0 aliphatic heterocycles. The smallest absolute Gasteiger partial charge is 0.276 e. The molecule has 0 atom stereocenters. The second kappa shape index (κ2) is 6.86. The van der Waals surface area contributed by atoms with Crippen molar-refractivity contribution in [2.24, 2.45) is 0 Å². The fraction of sp³-hybridized carbons (Fsp3) is 0.214. The average Bonchev–Trinajstić information content (AvgIpc) is 2.46. The Morgan fingerprint density at radius 3 is 2.85 bits per heavy atom. The topological polar surface area (TPSA) is 74.8 Å². The molecule has 0 saturated heterocycles. The molecule has 2 rings (SSSR count). The minimum Gasteiger partial charge on any atom is -0.321 e. The van der Waals surface area contributed by atoms with E-state index in [0.717, 1.165) is 18.4 Å². The number of aryl methyl sites for hydroxylation is 1. The molecule has 0 fully saturated rings. The van der Waals surface area contributed by atoms with Crippen molar-refractivity contribution in [3.05, 3.63) is 58.0 Å². The number of carbonyl (C=O) groups is 1. The minimum atomic E-state index is -0.365. The van der Waals surface area contributed by atoms with Crippen molar-refractivity contribution < 1.29 is 4.79 Å². The standard InChI is InChI=1S/C14H14ClN3O2/c15-8-2-4-10-3-1-5-11(9-10)16-14(20)12-6-7-13(19)18-17-12/h1,3,5-7,9H,2,4,8H2,(H,16,20)(H,18,19). The van der Waals surface area contributed by atoms with Crippen molar-refractivity contribution in [2.75, 3.05) is 11.2 Å². The molecule has 2 N–H and O–H groups in total. The predicted molar refractivity (Wildman–Crippen MR) is 78.3 cm³/mol. The van der Waals surface area contributed by atoms with Gasteiger partial charge in [0.25, 0.3) is 11.5 Å². The first-order valence-electron chi connectivity index (χ1n) is 6.21. The highest BCUT2D eigenvalue weighted by molar-refractivity contribution is 6.17. The van der Waals surface area contributed by atoms with Crippen molar-refractivity contribution in [1.29, 1.82) is 0 Å². The van der Waals surface area contributed by atoms with Gasteiger partial charge in [0.2, 0.25) is 0 Å². The molecule has 1 heterocycles. The number of nitrogens with zero attached hydrogens (tertiary/aromatic N) is 1. The van der Waals surface area contributed by atoms with Crippen molar-refractivity contribution >= 4 is 23.2 Å². The third-order valence-corrected chi connectivity index (χ3v) is 2.96. The highest BCUT2D eigenvalue weighted by Gasteiger charge is 2.07. The highest BCUT2D eigenvalue weighted by Crippen LogP contribution is 2.13. The lowest BCUT2D eigenvalue weighted by atomic mass is 10.1. The number of alkyl halides is 1. The molecule has 1 aromatic heterocycles. The molecule has 0 aliphatic carbocycles. The van der Waals surface area contributed by atoms with Gasteiger partial charge in [0, 0.05) is 17.6 Å². The number of benzene rings is 1. The maximum atomic E-state index is 11.9. The van der Waals surface area contributed by atoms with Gasteiger partial charge >= 0.3 is 0 Å². The van der Waals surface area contributed by atoms with E-state index in [9.17, 15) is 9.59 Å². The molecule has 5 nitrogen and oxygen atoms in total. The van der Waals surface area contributed by atoms with E-state index in [2.05, 4.69) is 15.5 Å². The zero-order valence-corrected chi connectivity index (χ0v) is 11.5. The largest absolute Gasteiger partial charge is 0.321 e. The molecule has 0 aliphatic rings. The van der Waals surface area contributed by atoms with Crippen LogP contribution >= 0.6 is 11.6 Å². The second-order valence-electron chi connectivity index (χ2n) is 4.25. The Balaban J connectivity index is 2.07. The molecule has 2 aromatic rings. The van der Waals surface area contributed by atoms with Crippen LogP contribution < -0.4 is 10.9 Å². The highest BCUT2D eigenvalue weighted by atomic mass is 35.5. The van der Waals surface area contributed by atoms with Gasteiger partial charge in [-0.15, -0.1) is 11.6 Å². The number of amides is 1. The predicted octanol–water partition coefficient (Wildman–Crippen LogP) is 2.19. The fourth-order valence-corrected chi connectivity index (χ4v) is 1.88. The first-order chi connectivity index (χ1) is 9.69. The van der Waals surface area contributed by atoms with Crippen LogP contribution in [-0.4, -0.2) is 22.0 Å². The number of carbonyl (C=O) groups excluding carboxylic acids is 1. The van der Waals surface area contributed by atoms with E-state index in [1.54, 1.807) is 6.07 Å². The van der Waals surface area contributed by atoms with Gasteiger partial charge in [-0.25, -0.2) is 5.10 Å². The van der Waals surface area contributed by atoms with E-state index in [1.165, 1.54) is 12.1 Å². The number of anilines is 1. The Labute approximate surface area is 121 Å². The maximum Gasteiger partial charge on any atom is 0.276 e. The van der Waals surface area contributed by atoms with Gasteiger partial charge in [0.15, 0.2) is 0 Å². The van der Waals surface area contributed by atoms with E-state index in [0.29, 0.717) is 11.6 Å². The van der Waals surface area contributed by atoms with Crippen LogP contribution in [0.15, 0.2) is 41.2 Å². The molecule has 20 heavy (non-hydrogen) atoms.